The molecule has 0 bridgehead atoms. The highest BCUT2D eigenvalue weighted by Crippen LogP contribution is 2.24. The van der Waals surface area contributed by atoms with Crippen LogP contribution in [0.4, 0.5) is 0 Å². The number of nitrogens with zero attached hydrogens (tertiary/aromatic N) is 4. The van der Waals surface area contributed by atoms with Crippen molar-refractivity contribution in [1.29, 1.82) is 0 Å². The Morgan fingerprint density at radius 3 is 2.57 bits per heavy atom. The van der Waals surface area contributed by atoms with Crippen LogP contribution < -0.4 is 0 Å². The fourth-order valence-corrected chi connectivity index (χ4v) is 4.74. The third kappa shape index (κ3) is 6.53. The van der Waals surface area contributed by atoms with E-state index in [9.17, 15) is 9.90 Å². The van der Waals surface area contributed by atoms with Crippen LogP contribution in [-0.4, -0.2) is 82.1 Å². The topological polar surface area (TPSA) is 73.1 Å². The molecule has 0 radical (unpaired) electrons. The lowest BCUT2D eigenvalue weighted by molar-refractivity contribution is 0.0627. The molecule has 0 aromatic carbocycles. The van der Waals surface area contributed by atoms with E-state index in [1.165, 1.54) is 25.5 Å². The van der Waals surface area contributed by atoms with Crippen LogP contribution in [0.5, 0.6) is 0 Å². The van der Waals surface area contributed by atoms with Crippen molar-refractivity contribution in [1.82, 2.24) is 19.7 Å². The van der Waals surface area contributed by atoms with E-state index in [0.717, 1.165) is 71.4 Å². The lowest BCUT2D eigenvalue weighted by atomic mass is 9.94. The number of rotatable bonds is 10. The van der Waals surface area contributed by atoms with Crippen LogP contribution in [0, 0.1) is 0 Å². The Morgan fingerprint density at radius 2 is 1.90 bits per heavy atom. The monoisotopic (exact) mass is 420 g/mol. The standard InChI is InChI=1S/C23H40N4O3/c1-3-5-11-20(28)16-25-12-14-26(15-13-25)17-22-24-21(18-30-22)23(29)27(4-2)19-9-7-6-8-10-19/h18-20,28H,3-17H2,1-2H3. The third-order valence-electron chi connectivity index (χ3n) is 6.57. The normalized spacial score (nSPS) is 20.4. The number of piperazine rings is 1. The minimum Gasteiger partial charge on any atom is -0.447 e. The van der Waals surface area contributed by atoms with Gasteiger partial charge in [-0.25, -0.2) is 4.98 Å². The summed E-state index contributed by atoms with van der Waals surface area (Å²) in [5.74, 6) is 0.625. The molecule has 1 atom stereocenters. The fraction of sp³-hybridized carbons (Fsp3) is 0.826. The van der Waals surface area contributed by atoms with Gasteiger partial charge in [0.1, 0.15) is 6.26 Å². The molecule has 7 heteroatoms. The van der Waals surface area contributed by atoms with E-state index in [1.54, 1.807) is 0 Å². The van der Waals surface area contributed by atoms with E-state index in [4.69, 9.17) is 4.42 Å². The molecule has 1 saturated heterocycles. The molecular weight excluding hydrogens is 380 g/mol. The Bertz CT molecular complexity index is 636. The molecule has 1 saturated carbocycles. The van der Waals surface area contributed by atoms with Crippen LogP contribution >= 0.6 is 0 Å². The number of aliphatic hydroxyl groups is 1. The van der Waals surface area contributed by atoms with Gasteiger partial charge >= 0.3 is 0 Å². The second-order valence-corrected chi connectivity index (χ2v) is 8.88. The van der Waals surface area contributed by atoms with Crippen molar-refractivity contribution in [3.8, 4) is 0 Å². The number of unbranched alkanes of at least 4 members (excludes halogenated alkanes) is 1. The minimum absolute atomic E-state index is 0.00489. The van der Waals surface area contributed by atoms with Crippen LogP contribution in [0.25, 0.3) is 0 Å². The van der Waals surface area contributed by atoms with Gasteiger partial charge in [0.2, 0.25) is 5.89 Å². The summed E-state index contributed by atoms with van der Waals surface area (Å²) in [6.07, 6.45) is 10.3. The van der Waals surface area contributed by atoms with Gasteiger partial charge in [-0.15, -0.1) is 0 Å². The maximum absolute atomic E-state index is 13.0. The molecule has 1 amide bonds. The van der Waals surface area contributed by atoms with Gasteiger partial charge < -0.3 is 14.4 Å². The number of hydrogen-bond acceptors (Lipinski definition) is 6. The number of carbonyl (C=O) groups excluding carboxylic acids is 1. The van der Waals surface area contributed by atoms with Crippen LogP contribution in [0.3, 0.4) is 0 Å². The van der Waals surface area contributed by atoms with Crippen molar-refractivity contribution in [2.24, 2.45) is 0 Å². The Labute approximate surface area is 181 Å². The zero-order valence-electron chi connectivity index (χ0n) is 18.9. The minimum atomic E-state index is -0.220. The zero-order valence-corrected chi connectivity index (χ0v) is 18.9. The lowest BCUT2D eigenvalue weighted by Gasteiger charge is -2.35. The van der Waals surface area contributed by atoms with Gasteiger partial charge in [-0.1, -0.05) is 39.0 Å². The van der Waals surface area contributed by atoms with E-state index in [1.807, 2.05) is 11.8 Å². The SMILES string of the molecule is CCCCC(O)CN1CCN(Cc2nc(C(=O)N(CC)C3CCCCC3)co2)CC1. The maximum atomic E-state index is 13.0. The average Bonchev–Trinajstić information content (AvgIpc) is 3.23. The molecule has 0 spiro atoms. The first-order chi connectivity index (χ1) is 14.6. The molecule has 1 unspecified atom stereocenters. The van der Waals surface area contributed by atoms with Crippen molar-refractivity contribution in [3.05, 3.63) is 17.8 Å². The van der Waals surface area contributed by atoms with Gasteiger partial charge in [-0.05, 0) is 26.2 Å². The van der Waals surface area contributed by atoms with Crippen molar-refractivity contribution in [2.45, 2.75) is 83.9 Å². The number of β-amino-alcohol motifs (C(OH)–C–C–N with tert-alkyl or cyclic N) is 1. The van der Waals surface area contributed by atoms with Gasteiger partial charge in [-0.3, -0.25) is 14.6 Å². The molecule has 3 rings (SSSR count). The number of hydrogen-bond donors (Lipinski definition) is 1. The first kappa shape index (κ1) is 23.2. The molecule has 1 aliphatic carbocycles. The van der Waals surface area contributed by atoms with E-state index < -0.39 is 0 Å². The number of carbonyl (C=O) groups is 1. The van der Waals surface area contributed by atoms with Crippen molar-refractivity contribution >= 4 is 5.91 Å². The van der Waals surface area contributed by atoms with Crippen LogP contribution in [0.1, 0.15) is 81.6 Å². The fourth-order valence-electron chi connectivity index (χ4n) is 4.74. The van der Waals surface area contributed by atoms with Crippen molar-refractivity contribution in [3.63, 3.8) is 0 Å². The summed E-state index contributed by atoms with van der Waals surface area (Å²) in [4.78, 5) is 24.1. The highest BCUT2D eigenvalue weighted by Gasteiger charge is 2.27. The first-order valence-electron chi connectivity index (χ1n) is 12.0. The molecule has 170 valence electrons. The molecule has 1 aliphatic heterocycles. The smallest absolute Gasteiger partial charge is 0.276 e. The molecule has 1 N–H and O–H groups in total. The Balaban J connectivity index is 1.46. The largest absolute Gasteiger partial charge is 0.447 e. The predicted molar refractivity (Wildman–Crippen MR) is 117 cm³/mol. The quantitative estimate of drug-likeness (QED) is 0.627. The summed E-state index contributed by atoms with van der Waals surface area (Å²) < 4.78 is 5.65. The van der Waals surface area contributed by atoms with E-state index in [-0.39, 0.29) is 12.0 Å². The van der Waals surface area contributed by atoms with Crippen LogP contribution in [0.15, 0.2) is 10.7 Å². The molecule has 2 aliphatic rings. The third-order valence-corrected chi connectivity index (χ3v) is 6.57. The Hall–Kier alpha value is -1.44. The van der Waals surface area contributed by atoms with Crippen LogP contribution in [-0.2, 0) is 6.54 Å². The summed E-state index contributed by atoms with van der Waals surface area (Å²) in [5, 5.41) is 10.1. The molecule has 7 nitrogen and oxygen atoms in total. The maximum Gasteiger partial charge on any atom is 0.276 e. The molecule has 1 aromatic heterocycles. The number of amides is 1. The first-order valence-corrected chi connectivity index (χ1v) is 12.0. The van der Waals surface area contributed by atoms with Gasteiger partial charge in [-0.2, -0.15) is 0 Å². The summed E-state index contributed by atoms with van der Waals surface area (Å²) in [7, 11) is 0. The predicted octanol–water partition coefficient (Wildman–Crippen LogP) is 3.14. The number of aromatic nitrogens is 1. The molecule has 30 heavy (non-hydrogen) atoms. The van der Waals surface area contributed by atoms with Gasteiger partial charge in [0.05, 0.1) is 12.6 Å². The molecule has 1 aromatic rings. The molecule has 2 heterocycles. The van der Waals surface area contributed by atoms with Gasteiger partial charge in [0, 0.05) is 45.3 Å². The zero-order chi connectivity index (χ0) is 21.3. The van der Waals surface area contributed by atoms with Crippen molar-refractivity contribution < 1.29 is 14.3 Å². The highest BCUT2D eigenvalue weighted by atomic mass is 16.3. The van der Waals surface area contributed by atoms with Crippen molar-refractivity contribution in [2.75, 3.05) is 39.3 Å². The van der Waals surface area contributed by atoms with E-state index >= 15 is 0 Å². The second kappa shape index (κ2) is 11.8. The van der Waals surface area contributed by atoms with Crippen LogP contribution in [0.2, 0.25) is 0 Å². The second-order valence-electron chi connectivity index (χ2n) is 8.88. The lowest BCUT2D eigenvalue weighted by Crippen LogP contribution is -2.48. The highest BCUT2D eigenvalue weighted by molar-refractivity contribution is 5.92. The number of oxazole rings is 1. The van der Waals surface area contributed by atoms with Gasteiger partial charge in [0.25, 0.3) is 5.91 Å². The number of aliphatic hydroxyl groups excluding tert-OH is 1. The summed E-state index contributed by atoms with van der Waals surface area (Å²) in [5.41, 5.74) is 0.440. The van der Waals surface area contributed by atoms with E-state index in [2.05, 4.69) is 21.7 Å². The van der Waals surface area contributed by atoms with E-state index in [0.29, 0.717) is 24.2 Å². The Morgan fingerprint density at radius 1 is 1.20 bits per heavy atom. The Kier molecular flexibility index (Phi) is 9.15. The summed E-state index contributed by atoms with van der Waals surface area (Å²) in [6.45, 7) is 10.1. The van der Waals surface area contributed by atoms with Gasteiger partial charge in [0.15, 0.2) is 5.69 Å². The molecule has 2 fully saturated rings. The summed E-state index contributed by atoms with van der Waals surface area (Å²) in [6, 6.07) is 0.345. The average molecular weight is 421 g/mol. The summed E-state index contributed by atoms with van der Waals surface area (Å²) >= 11 is 0. The molecular formula is C23H40N4O3.